The Morgan fingerprint density at radius 3 is 2.35 bits per heavy atom. The van der Waals surface area contributed by atoms with Gasteiger partial charge in [0.1, 0.15) is 6.54 Å². The number of likely N-dealkylation sites (tertiary alicyclic amines) is 1. The number of rotatable bonds is 6. The summed E-state index contributed by atoms with van der Waals surface area (Å²) in [4.78, 5) is 13.3. The Bertz CT molecular complexity index is 323. The van der Waals surface area contributed by atoms with Gasteiger partial charge in [0.05, 0.1) is 6.54 Å². The van der Waals surface area contributed by atoms with E-state index >= 15 is 0 Å². The highest BCUT2D eigenvalue weighted by Gasteiger charge is 2.28. The monoisotopic (exact) mass is 293 g/mol. The van der Waals surface area contributed by atoms with Crippen LogP contribution in [0.5, 0.6) is 0 Å². The lowest BCUT2D eigenvalue weighted by molar-refractivity contribution is -0.139. The summed E-state index contributed by atoms with van der Waals surface area (Å²) in [6, 6.07) is 0.709. The van der Waals surface area contributed by atoms with Crippen molar-refractivity contribution in [2.75, 3.05) is 32.7 Å². The summed E-state index contributed by atoms with van der Waals surface area (Å²) in [5, 5.41) is 5.41. The second kappa shape index (κ2) is 6.76. The number of amides is 1. The maximum atomic E-state index is 12.0. The highest BCUT2D eigenvalue weighted by Crippen LogP contribution is 2.21. The molecule has 7 heteroatoms. The first kappa shape index (κ1) is 15.6. The van der Waals surface area contributed by atoms with E-state index in [4.69, 9.17) is 0 Å². The molecule has 0 aromatic heterocycles. The number of piperidine rings is 1. The number of carbonyl (C=O) groups excluding carboxylic acids is 1. The van der Waals surface area contributed by atoms with Gasteiger partial charge in [0.25, 0.3) is 0 Å². The van der Waals surface area contributed by atoms with Gasteiger partial charge in [-0.15, -0.1) is 0 Å². The van der Waals surface area contributed by atoms with E-state index < -0.39 is 18.6 Å². The maximum absolute atomic E-state index is 12.0. The zero-order chi connectivity index (χ0) is 14.6. The fraction of sp³-hybridized carbons (Fsp3) is 0.923. The number of hydrogen-bond donors (Lipinski definition) is 2. The molecule has 0 spiro atoms. The van der Waals surface area contributed by atoms with E-state index in [0.29, 0.717) is 12.0 Å². The molecule has 116 valence electrons. The van der Waals surface area contributed by atoms with Crippen LogP contribution in [-0.4, -0.2) is 55.7 Å². The van der Waals surface area contributed by atoms with Crippen LogP contribution in [0.2, 0.25) is 0 Å². The van der Waals surface area contributed by atoms with Crippen LogP contribution in [0.4, 0.5) is 13.2 Å². The lowest BCUT2D eigenvalue weighted by Crippen LogP contribution is -2.44. The Hall–Kier alpha value is -0.820. The maximum Gasteiger partial charge on any atom is 0.405 e. The molecule has 1 aliphatic heterocycles. The summed E-state index contributed by atoms with van der Waals surface area (Å²) < 4.78 is 35.9. The highest BCUT2D eigenvalue weighted by molar-refractivity contribution is 5.78. The van der Waals surface area contributed by atoms with Crippen molar-refractivity contribution >= 4 is 5.91 Å². The zero-order valence-corrected chi connectivity index (χ0v) is 11.5. The van der Waals surface area contributed by atoms with Crippen molar-refractivity contribution in [3.63, 3.8) is 0 Å². The molecule has 1 saturated heterocycles. The van der Waals surface area contributed by atoms with Crippen molar-refractivity contribution in [3.8, 4) is 0 Å². The molecule has 1 aliphatic carbocycles. The first-order valence-electron chi connectivity index (χ1n) is 7.21. The minimum Gasteiger partial charge on any atom is -0.346 e. The van der Waals surface area contributed by atoms with Crippen LogP contribution in [-0.2, 0) is 4.79 Å². The van der Waals surface area contributed by atoms with E-state index in [1.165, 1.54) is 12.8 Å². The van der Waals surface area contributed by atoms with E-state index in [1.54, 1.807) is 0 Å². The van der Waals surface area contributed by atoms with Crippen LogP contribution < -0.4 is 10.6 Å². The Balaban J connectivity index is 1.57. The van der Waals surface area contributed by atoms with E-state index in [1.807, 2.05) is 10.2 Å². The second-order valence-electron chi connectivity index (χ2n) is 5.79. The van der Waals surface area contributed by atoms with Crippen molar-refractivity contribution in [1.82, 2.24) is 15.5 Å². The van der Waals surface area contributed by atoms with Crippen LogP contribution in [0, 0.1) is 5.92 Å². The molecule has 2 fully saturated rings. The van der Waals surface area contributed by atoms with E-state index in [0.717, 1.165) is 32.5 Å². The molecule has 2 rings (SSSR count). The molecule has 1 amide bonds. The summed E-state index contributed by atoms with van der Waals surface area (Å²) in [6.45, 7) is 1.43. The van der Waals surface area contributed by atoms with Gasteiger partial charge in [0.2, 0.25) is 5.91 Å². The first-order valence-corrected chi connectivity index (χ1v) is 7.21. The standard InChI is InChI=1S/C13H22F3N3O/c14-13(15,16)9-18-12(20)8-19-5-3-10(4-6-19)7-17-11-1-2-11/h10-11,17H,1-9H2,(H,18,20). The van der Waals surface area contributed by atoms with Gasteiger partial charge in [0, 0.05) is 6.04 Å². The quantitative estimate of drug-likeness (QED) is 0.771. The second-order valence-corrected chi connectivity index (χ2v) is 5.79. The van der Waals surface area contributed by atoms with Crippen LogP contribution in [0.1, 0.15) is 25.7 Å². The SMILES string of the molecule is O=C(CN1CCC(CNC2CC2)CC1)NCC(F)(F)F. The van der Waals surface area contributed by atoms with Crippen molar-refractivity contribution in [2.24, 2.45) is 5.92 Å². The molecule has 20 heavy (non-hydrogen) atoms. The fourth-order valence-electron chi connectivity index (χ4n) is 2.43. The Kier molecular flexibility index (Phi) is 5.26. The van der Waals surface area contributed by atoms with Gasteiger partial charge >= 0.3 is 6.18 Å². The number of halogens is 3. The number of nitrogens with one attached hydrogen (secondary N) is 2. The molecule has 2 N–H and O–H groups in total. The molecular weight excluding hydrogens is 271 g/mol. The summed E-state index contributed by atoms with van der Waals surface area (Å²) in [6.07, 6.45) is 0.228. The number of carbonyl (C=O) groups is 1. The van der Waals surface area contributed by atoms with Crippen LogP contribution in [0.15, 0.2) is 0 Å². The summed E-state index contributed by atoms with van der Waals surface area (Å²) in [5.74, 6) is 0.0852. The zero-order valence-electron chi connectivity index (χ0n) is 11.5. The highest BCUT2D eigenvalue weighted by atomic mass is 19.4. The van der Waals surface area contributed by atoms with Crippen molar-refractivity contribution in [2.45, 2.75) is 37.9 Å². The van der Waals surface area contributed by atoms with E-state index in [2.05, 4.69) is 5.32 Å². The molecule has 0 radical (unpaired) electrons. The Morgan fingerprint density at radius 1 is 1.15 bits per heavy atom. The van der Waals surface area contributed by atoms with Gasteiger partial charge in [-0.1, -0.05) is 0 Å². The predicted molar refractivity (Wildman–Crippen MR) is 69.3 cm³/mol. The molecule has 1 saturated carbocycles. The number of nitrogens with zero attached hydrogens (tertiary/aromatic N) is 1. The van der Waals surface area contributed by atoms with Gasteiger partial charge in [-0.2, -0.15) is 13.2 Å². The minimum absolute atomic E-state index is 0.0683. The molecule has 0 atom stereocenters. The number of alkyl halides is 3. The van der Waals surface area contributed by atoms with E-state index in [-0.39, 0.29) is 6.54 Å². The number of hydrogen-bond acceptors (Lipinski definition) is 3. The van der Waals surface area contributed by atoms with Crippen LogP contribution in [0.25, 0.3) is 0 Å². The van der Waals surface area contributed by atoms with Gasteiger partial charge in [-0.05, 0) is 51.2 Å². The molecule has 0 bridgehead atoms. The molecule has 0 unspecified atom stereocenters. The molecule has 0 aromatic carbocycles. The third-order valence-corrected chi connectivity index (χ3v) is 3.83. The smallest absolute Gasteiger partial charge is 0.346 e. The molecule has 1 heterocycles. The Morgan fingerprint density at radius 2 is 1.80 bits per heavy atom. The lowest BCUT2D eigenvalue weighted by atomic mass is 9.97. The van der Waals surface area contributed by atoms with Gasteiger partial charge < -0.3 is 10.6 Å². The Labute approximate surface area is 117 Å². The molecule has 4 nitrogen and oxygen atoms in total. The third kappa shape index (κ3) is 6.09. The lowest BCUT2D eigenvalue weighted by Gasteiger charge is -2.31. The van der Waals surface area contributed by atoms with Crippen molar-refractivity contribution in [3.05, 3.63) is 0 Å². The van der Waals surface area contributed by atoms with Crippen molar-refractivity contribution in [1.29, 1.82) is 0 Å². The predicted octanol–water partition coefficient (Wildman–Crippen LogP) is 1.13. The largest absolute Gasteiger partial charge is 0.405 e. The normalized spacial score (nSPS) is 21.9. The van der Waals surface area contributed by atoms with Gasteiger partial charge in [0.15, 0.2) is 0 Å². The van der Waals surface area contributed by atoms with Gasteiger partial charge in [-0.3, -0.25) is 9.69 Å². The summed E-state index contributed by atoms with van der Waals surface area (Å²) in [5.41, 5.74) is 0. The first-order chi connectivity index (χ1) is 9.42. The summed E-state index contributed by atoms with van der Waals surface area (Å²) >= 11 is 0. The minimum atomic E-state index is -4.34. The van der Waals surface area contributed by atoms with Crippen LogP contribution >= 0.6 is 0 Å². The van der Waals surface area contributed by atoms with E-state index in [9.17, 15) is 18.0 Å². The molecule has 0 aromatic rings. The van der Waals surface area contributed by atoms with Crippen molar-refractivity contribution < 1.29 is 18.0 Å². The van der Waals surface area contributed by atoms with Crippen LogP contribution in [0.3, 0.4) is 0 Å². The average Bonchev–Trinajstić information content (AvgIpc) is 3.19. The fourth-order valence-corrected chi connectivity index (χ4v) is 2.43. The molecular formula is C13H22F3N3O. The molecule has 2 aliphatic rings. The average molecular weight is 293 g/mol. The third-order valence-electron chi connectivity index (χ3n) is 3.83. The summed E-state index contributed by atoms with van der Waals surface area (Å²) in [7, 11) is 0. The topological polar surface area (TPSA) is 44.4 Å². The van der Waals surface area contributed by atoms with Gasteiger partial charge in [-0.25, -0.2) is 0 Å².